The van der Waals surface area contributed by atoms with Gasteiger partial charge in [0.15, 0.2) is 0 Å². The first kappa shape index (κ1) is 12.6. The maximum Gasteiger partial charge on any atom is 0.129 e. The van der Waals surface area contributed by atoms with Crippen molar-refractivity contribution >= 4 is 10.9 Å². The normalized spacial score (nSPS) is 10.1. The number of aromatic nitrogens is 1. The average molecular weight is 219 g/mol. The summed E-state index contributed by atoms with van der Waals surface area (Å²) in [4.78, 5) is 3.29. The van der Waals surface area contributed by atoms with Crippen LogP contribution >= 0.6 is 0 Å². The maximum absolute atomic E-state index is 5.72. The van der Waals surface area contributed by atoms with Gasteiger partial charge in [0.1, 0.15) is 5.75 Å². The fraction of sp³-hybridized carbons (Fsp3) is 0.429. The number of hydrogen-bond donors (Lipinski definition) is 1. The third kappa shape index (κ3) is 2.78. The van der Waals surface area contributed by atoms with Crippen LogP contribution in [0, 0.1) is 6.92 Å². The molecule has 2 heteroatoms. The number of nitrogens with one attached hydrogen (secondary N) is 1. The number of rotatable bonds is 2. The molecule has 88 valence electrons. The van der Waals surface area contributed by atoms with Crippen LogP contribution in [-0.2, 0) is 0 Å². The topological polar surface area (TPSA) is 25.0 Å². The highest BCUT2D eigenvalue weighted by Crippen LogP contribution is 2.26. The van der Waals surface area contributed by atoms with Crippen LogP contribution in [0.1, 0.15) is 33.4 Å². The maximum atomic E-state index is 5.72. The number of aryl methyl sites for hydroxylation is 1. The smallest absolute Gasteiger partial charge is 0.129 e. The van der Waals surface area contributed by atoms with Crippen LogP contribution in [0.3, 0.4) is 0 Å². The Bertz CT molecular complexity index is 443. The van der Waals surface area contributed by atoms with E-state index in [1.807, 2.05) is 39.8 Å². The van der Waals surface area contributed by atoms with Gasteiger partial charge < -0.3 is 9.72 Å². The highest BCUT2D eigenvalue weighted by Gasteiger charge is 2.05. The summed E-state index contributed by atoms with van der Waals surface area (Å²) in [6.07, 6.45) is 0.218. The molecule has 0 radical (unpaired) electrons. The van der Waals surface area contributed by atoms with E-state index in [1.165, 1.54) is 11.1 Å². The minimum atomic E-state index is 0.218. The van der Waals surface area contributed by atoms with Crippen molar-refractivity contribution < 1.29 is 4.74 Å². The van der Waals surface area contributed by atoms with Gasteiger partial charge in [-0.1, -0.05) is 19.9 Å². The number of benzene rings is 1. The van der Waals surface area contributed by atoms with Crippen molar-refractivity contribution in [3.8, 4) is 5.75 Å². The Balaban J connectivity index is 0.000000606. The Morgan fingerprint density at radius 3 is 2.50 bits per heavy atom. The second-order valence-corrected chi connectivity index (χ2v) is 3.84. The highest BCUT2D eigenvalue weighted by atomic mass is 16.5. The van der Waals surface area contributed by atoms with Crippen LogP contribution in [0.2, 0.25) is 0 Å². The monoisotopic (exact) mass is 219 g/mol. The van der Waals surface area contributed by atoms with Gasteiger partial charge in [0, 0.05) is 16.6 Å². The molecule has 1 aromatic heterocycles. The first-order chi connectivity index (χ1) is 7.66. The van der Waals surface area contributed by atoms with E-state index >= 15 is 0 Å². The molecule has 0 saturated carbocycles. The number of ether oxygens (including phenoxy) is 1. The molecule has 1 N–H and O–H groups in total. The highest BCUT2D eigenvalue weighted by molar-refractivity contribution is 5.86. The van der Waals surface area contributed by atoms with Gasteiger partial charge in [0.05, 0.1) is 6.10 Å². The zero-order chi connectivity index (χ0) is 12.1. The van der Waals surface area contributed by atoms with E-state index in [4.69, 9.17) is 4.74 Å². The Hall–Kier alpha value is -1.44. The van der Waals surface area contributed by atoms with Crippen molar-refractivity contribution in [1.29, 1.82) is 0 Å². The molecular weight excluding hydrogens is 198 g/mol. The number of H-pyrrole nitrogens is 1. The summed E-state index contributed by atoms with van der Waals surface area (Å²) in [5.41, 5.74) is 2.31. The minimum Gasteiger partial charge on any atom is -0.490 e. The standard InChI is InChI=1S/C12H15NO.C2H6/c1-8(2)14-12-6-4-5-11-10(12)7-9(3)13-11;1-2/h4-8,13H,1-3H3;1-2H3. The van der Waals surface area contributed by atoms with Crippen LogP contribution in [0.15, 0.2) is 24.3 Å². The molecule has 0 aliphatic carbocycles. The summed E-state index contributed by atoms with van der Waals surface area (Å²) in [6.45, 7) is 10.1. The second-order valence-electron chi connectivity index (χ2n) is 3.84. The summed E-state index contributed by atoms with van der Waals surface area (Å²) in [7, 11) is 0. The Kier molecular flexibility index (Phi) is 4.41. The lowest BCUT2D eigenvalue weighted by Crippen LogP contribution is -2.05. The summed E-state index contributed by atoms with van der Waals surface area (Å²) in [5, 5.41) is 1.17. The van der Waals surface area contributed by atoms with Crippen molar-refractivity contribution in [3.05, 3.63) is 30.0 Å². The Morgan fingerprint density at radius 1 is 1.19 bits per heavy atom. The van der Waals surface area contributed by atoms with Crippen molar-refractivity contribution in [2.24, 2.45) is 0 Å². The van der Waals surface area contributed by atoms with E-state index < -0.39 is 0 Å². The number of hydrogen-bond acceptors (Lipinski definition) is 1. The van der Waals surface area contributed by atoms with Gasteiger partial charge in [-0.25, -0.2) is 0 Å². The molecule has 2 aromatic rings. The third-order valence-corrected chi connectivity index (χ3v) is 2.12. The van der Waals surface area contributed by atoms with E-state index in [9.17, 15) is 0 Å². The SMILES string of the molecule is CC.Cc1cc2c(OC(C)C)cccc2[nH]1. The molecule has 16 heavy (non-hydrogen) atoms. The van der Waals surface area contributed by atoms with Gasteiger partial charge in [0.2, 0.25) is 0 Å². The van der Waals surface area contributed by atoms with Gasteiger partial charge >= 0.3 is 0 Å². The van der Waals surface area contributed by atoms with E-state index in [-0.39, 0.29) is 6.10 Å². The lowest BCUT2D eigenvalue weighted by molar-refractivity contribution is 0.245. The van der Waals surface area contributed by atoms with E-state index in [1.54, 1.807) is 0 Å². The largest absolute Gasteiger partial charge is 0.490 e. The van der Waals surface area contributed by atoms with Gasteiger partial charge in [-0.15, -0.1) is 0 Å². The molecule has 2 nitrogen and oxygen atoms in total. The molecule has 0 bridgehead atoms. The molecule has 0 atom stereocenters. The van der Waals surface area contributed by atoms with Crippen molar-refractivity contribution in [1.82, 2.24) is 4.98 Å². The predicted octanol–water partition coefficient (Wildman–Crippen LogP) is 4.29. The molecule has 0 unspecified atom stereocenters. The van der Waals surface area contributed by atoms with Crippen LogP contribution in [0.5, 0.6) is 5.75 Å². The van der Waals surface area contributed by atoms with Gasteiger partial charge in [-0.05, 0) is 39.0 Å². The average Bonchev–Trinajstić information content (AvgIpc) is 2.62. The quantitative estimate of drug-likeness (QED) is 0.800. The Labute approximate surface area is 97.6 Å². The van der Waals surface area contributed by atoms with Gasteiger partial charge in [-0.3, -0.25) is 0 Å². The molecule has 1 aromatic carbocycles. The zero-order valence-corrected chi connectivity index (χ0v) is 10.8. The molecule has 0 fully saturated rings. The molecule has 0 spiro atoms. The van der Waals surface area contributed by atoms with Gasteiger partial charge in [-0.2, -0.15) is 0 Å². The molecule has 1 heterocycles. The molecular formula is C14H21NO. The first-order valence-corrected chi connectivity index (χ1v) is 5.92. The predicted molar refractivity (Wildman–Crippen MR) is 70.1 cm³/mol. The van der Waals surface area contributed by atoms with Gasteiger partial charge in [0.25, 0.3) is 0 Å². The van der Waals surface area contributed by atoms with Crippen molar-refractivity contribution in [2.75, 3.05) is 0 Å². The third-order valence-electron chi connectivity index (χ3n) is 2.12. The Morgan fingerprint density at radius 2 is 1.88 bits per heavy atom. The molecule has 0 amide bonds. The molecule has 0 saturated heterocycles. The zero-order valence-electron chi connectivity index (χ0n) is 10.8. The van der Waals surface area contributed by atoms with Crippen LogP contribution in [0.25, 0.3) is 10.9 Å². The minimum absolute atomic E-state index is 0.218. The van der Waals surface area contributed by atoms with E-state index in [0.29, 0.717) is 0 Å². The van der Waals surface area contributed by atoms with Crippen molar-refractivity contribution in [2.45, 2.75) is 40.7 Å². The van der Waals surface area contributed by atoms with Crippen LogP contribution < -0.4 is 4.74 Å². The summed E-state index contributed by atoms with van der Waals surface area (Å²) < 4.78 is 5.72. The van der Waals surface area contributed by atoms with Crippen LogP contribution in [0.4, 0.5) is 0 Å². The molecule has 2 rings (SSSR count). The lowest BCUT2D eigenvalue weighted by Gasteiger charge is -2.10. The fourth-order valence-electron chi connectivity index (χ4n) is 1.62. The number of aromatic amines is 1. The summed E-state index contributed by atoms with van der Waals surface area (Å²) in [5.74, 6) is 0.960. The van der Waals surface area contributed by atoms with E-state index in [0.717, 1.165) is 11.3 Å². The summed E-state index contributed by atoms with van der Waals surface area (Å²) >= 11 is 0. The first-order valence-electron chi connectivity index (χ1n) is 5.92. The van der Waals surface area contributed by atoms with E-state index in [2.05, 4.69) is 24.0 Å². The van der Waals surface area contributed by atoms with Crippen LogP contribution in [-0.4, -0.2) is 11.1 Å². The summed E-state index contributed by atoms with van der Waals surface area (Å²) in [6, 6.07) is 8.20. The lowest BCUT2D eigenvalue weighted by atomic mass is 10.2. The molecule has 0 aliphatic rings. The van der Waals surface area contributed by atoms with Crippen molar-refractivity contribution in [3.63, 3.8) is 0 Å². The second kappa shape index (κ2) is 5.59. The number of fused-ring (bicyclic) bond motifs is 1. The molecule has 0 aliphatic heterocycles. The fourth-order valence-corrected chi connectivity index (χ4v) is 1.62.